The molecule has 0 nitrogen and oxygen atoms in total. The van der Waals surface area contributed by atoms with Gasteiger partial charge < -0.3 is 4.11 Å². The third-order valence-electron chi connectivity index (χ3n) is 1.69. The average molecular weight is 181 g/mol. The summed E-state index contributed by atoms with van der Waals surface area (Å²) in [5.74, 6) is 0. The van der Waals surface area contributed by atoms with Gasteiger partial charge in [-0.3, -0.25) is 0 Å². The first kappa shape index (κ1) is 9.45. The molecule has 0 aliphatic rings. The van der Waals surface area contributed by atoms with Crippen LogP contribution >= 0.6 is 0 Å². The average Bonchev–Trinajstić information content (AvgIpc) is 2.03. The van der Waals surface area contributed by atoms with Crippen molar-refractivity contribution in [1.29, 1.82) is 0 Å². The van der Waals surface area contributed by atoms with Gasteiger partial charge in [-0.1, -0.05) is 51.1 Å². The van der Waals surface area contributed by atoms with Crippen LogP contribution in [0.3, 0.4) is 0 Å². The quantitative estimate of drug-likeness (QED) is 0.461. The first-order valence-electron chi connectivity index (χ1n) is 4.10. The molecule has 0 saturated carbocycles. The van der Waals surface area contributed by atoms with Crippen LogP contribution in [0.5, 0.6) is 0 Å². The van der Waals surface area contributed by atoms with Crippen molar-refractivity contribution in [3.63, 3.8) is 0 Å². The largest absolute Gasteiger partial charge is 0.311 e. The van der Waals surface area contributed by atoms with Crippen LogP contribution in [0.25, 0.3) is 0 Å². The van der Waals surface area contributed by atoms with E-state index in [4.69, 9.17) is 0 Å². The Morgan fingerprint density at radius 2 is 1.58 bits per heavy atom. The minimum absolute atomic E-state index is 0.202. The molecule has 0 aliphatic carbocycles. The smallest absolute Gasteiger partial charge is 0.307 e. The second-order valence-corrected chi connectivity index (χ2v) is 6.64. The normalized spacial score (nSPS) is 12.1. The molecule has 0 bridgehead atoms. The van der Waals surface area contributed by atoms with Crippen LogP contribution in [0.1, 0.15) is 20.8 Å². The van der Waals surface area contributed by atoms with E-state index in [1.807, 2.05) is 51.1 Å². The van der Waals surface area contributed by atoms with Gasteiger partial charge in [0, 0.05) is 0 Å². The third-order valence-corrected chi connectivity index (χ3v) is 3.84. The standard InChI is InChI=1S/C10H14FSi/c1-10(2,3)12(11)9-7-5-4-6-8-9/h4-8H,1-3H3. The second-order valence-electron chi connectivity index (χ2n) is 3.93. The maximum Gasteiger partial charge on any atom is 0.311 e. The summed E-state index contributed by atoms with van der Waals surface area (Å²) in [6.45, 7) is 5.86. The van der Waals surface area contributed by atoms with E-state index < -0.39 is 9.13 Å². The zero-order valence-electron chi connectivity index (χ0n) is 7.76. The van der Waals surface area contributed by atoms with Crippen molar-refractivity contribution in [3.05, 3.63) is 30.3 Å². The molecule has 65 valence electrons. The summed E-state index contributed by atoms with van der Waals surface area (Å²) in [7, 11) is -1.88. The van der Waals surface area contributed by atoms with Crippen LogP contribution in [0.2, 0.25) is 5.04 Å². The summed E-state index contributed by atoms with van der Waals surface area (Å²) in [6, 6.07) is 9.46. The van der Waals surface area contributed by atoms with Gasteiger partial charge in [-0.2, -0.15) is 0 Å². The molecule has 0 amide bonds. The molecule has 0 heterocycles. The fourth-order valence-electron chi connectivity index (χ4n) is 1.02. The lowest BCUT2D eigenvalue weighted by Crippen LogP contribution is -2.34. The van der Waals surface area contributed by atoms with E-state index in [2.05, 4.69) is 0 Å². The lowest BCUT2D eigenvalue weighted by molar-refractivity contribution is 0.663. The number of hydrogen-bond donors (Lipinski definition) is 0. The Balaban J connectivity index is 2.86. The second kappa shape index (κ2) is 3.40. The zero-order valence-corrected chi connectivity index (χ0v) is 8.76. The molecule has 0 saturated heterocycles. The van der Waals surface area contributed by atoms with E-state index in [0.29, 0.717) is 0 Å². The molecule has 0 spiro atoms. The fourth-order valence-corrected chi connectivity index (χ4v) is 2.37. The molecule has 0 atom stereocenters. The Morgan fingerprint density at radius 3 is 2.00 bits per heavy atom. The van der Waals surface area contributed by atoms with Crippen molar-refractivity contribution in [2.45, 2.75) is 25.8 Å². The van der Waals surface area contributed by atoms with Gasteiger partial charge in [0.1, 0.15) is 0 Å². The van der Waals surface area contributed by atoms with Gasteiger partial charge in [-0.05, 0) is 10.2 Å². The number of halogens is 1. The monoisotopic (exact) mass is 181 g/mol. The van der Waals surface area contributed by atoms with Gasteiger partial charge in [0.2, 0.25) is 0 Å². The lowest BCUT2D eigenvalue weighted by atomic mass is 10.2. The van der Waals surface area contributed by atoms with Crippen molar-refractivity contribution in [2.75, 3.05) is 0 Å². The highest BCUT2D eigenvalue weighted by Crippen LogP contribution is 2.26. The highest BCUT2D eigenvalue weighted by molar-refractivity contribution is 6.69. The van der Waals surface area contributed by atoms with Gasteiger partial charge in [-0.15, -0.1) is 0 Å². The molecule has 12 heavy (non-hydrogen) atoms. The van der Waals surface area contributed by atoms with E-state index in [-0.39, 0.29) is 5.04 Å². The van der Waals surface area contributed by atoms with Gasteiger partial charge in [0.15, 0.2) is 0 Å². The van der Waals surface area contributed by atoms with Gasteiger partial charge in [0.05, 0.1) is 0 Å². The first-order chi connectivity index (χ1) is 5.52. The van der Waals surface area contributed by atoms with E-state index in [0.717, 1.165) is 5.19 Å². The zero-order chi connectivity index (χ0) is 9.19. The van der Waals surface area contributed by atoms with Crippen LogP contribution in [0, 0.1) is 0 Å². The molecule has 1 radical (unpaired) electrons. The van der Waals surface area contributed by atoms with Gasteiger partial charge in [0.25, 0.3) is 0 Å². The van der Waals surface area contributed by atoms with Crippen molar-refractivity contribution in [3.8, 4) is 0 Å². The molecule has 0 aliphatic heterocycles. The molecule has 1 aromatic rings. The topological polar surface area (TPSA) is 0 Å². The van der Waals surface area contributed by atoms with Gasteiger partial charge >= 0.3 is 9.13 Å². The molecule has 2 heteroatoms. The SMILES string of the molecule is CC(C)(C)[Si](F)c1ccccc1. The molecular formula is C10H14FSi. The van der Waals surface area contributed by atoms with E-state index in [1.165, 1.54) is 0 Å². The Morgan fingerprint density at radius 1 is 1.08 bits per heavy atom. The van der Waals surface area contributed by atoms with E-state index in [1.54, 1.807) is 0 Å². The predicted octanol–water partition coefficient (Wildman–Crippen LogP) is 2.65. The van der Waals surface area contributed by atoms with E-state index in [9.17, 15) is 4.11 Å². The molecule has 1 rings (SSSR count). The van der Waals surface area contributed by atoms with Crippen LogP contribution in [0.15, 0.2) is 30.3 Å². The number of hydrogen-bond acceptors (Lipinski definition) is 0. The van der Waals surface area contributed by atoms with Crippen molar-refractivity contribution >= 4 is 14.3 Å². The van der Waals surface area contributed by atoms with Crippen molar-refractivity contribution in [1.82, 2.24) is 0 Å². The van der Waals surface area contributed by atoms with Gasteiger partial charge in [-0.25, -0.2) is 0 Å². The van der Waals surface area contributed by atoms with Crippen LogP contribution < -0.4 is 5.19 Å². The summed E-state index contributed by atoms with van der Waals surface area (Å²) < 4.78 is 13.7. The Bertz CT molecular complexity index is 238. The number of rotatable bonds is 1. The summed E-state index contributed by atoms with van der Waals surface area (Å²) in [6.07, 6.45) is 0. The third kappa shape index (κ3) is 2.17. The molecule has 0 N–H and O–H groups in total. The lowest BCUT2D eigenvalue weighted by Gasteiger charge is -2.20. The molecule has 0 fully saturated rings. The fraction of sp³-hybridized carbons (Fsp3) is 0.400. The summed E-state index contributed by atoms with van der Waals surface area (Å²) in [5, 5.41) is 0.668. The highest BCUT2D eigenvalue weighted by atomic mass is 28.3. The summed E-state index contributed by atoms with van der Waals surface area (Å²) in [5.41, 5.74) is 0. The molecule has 0 aromatic heterocycles. The molecule has 1 aromatic carbocycles. The summed E-state index contributed by atoms with van der Waals surface area (Å²) in [4.78, 5) is 0. The predicted molar refractivity (Wildman–Crippen MR) is 52.7 cm³/mol. The Kier molecular flexibility index (Phi) is 2.68. The molecular weight excluding hydrogens is 167 g/mol. The van der Waals surface area contributed by atoms with E-state index >= 15 is 0 Å². The van der Waals surface area contributed by atoms with Crippen molar-refractivity contribution in [2.24, 2.45) is 0 Å². The molecule has 0 unspecified atom stereocenters. The minimum Gasteiger partial charge on any atom is -0.307 e. The maximum atomic E-state index is 13.7. The minimum atomic E-state index is -1.88. The maximum absolute atomic E-state index is 13.7. The summed E-state index contributed by atoms with van der Waals surface area (Å²) >= 11 is 0. The van der Waals surface area contributed by atoms with Crippen molar-refractivity contribution < 1.29 is 4.11 Å². The van der Waals surface area contributed by atoms with Crippen LogP contribution in [-0.4, -0.2) is 9.13 Å². The first-order valence-corrected chi connectivity index (χ1v) is 5.48. The highest BCUT2D eigenvalue weighted by Gasteiger charge is 2.29. The van der Waals surface area contributed by atoms with Crippen LogP contribution in [-0.2, 0) is 0 Å². The van der Waals surface area contributed by atoms with Crippen LogP contribution in [0.4, 0.5) is 4.11 Å². The Labute approximate surface area is 75.2 Å². The number of benzene rings is 1. The Hall–Kier alpha value is -0.633.